The van der Waals surface area contributed by atoms with Crippen LogP contribution in [0.25, 0.3) is 0 Å². The Morgan fingerprint density at radius 2 is 1.90 bits per heavy atom. The quantitative estimate of drug-likeness (QED) is 0.657. The standard InChI is InChI=1S/C23H29N3O2S/c1-3-17(2)28-19-11-9-10-18(16-19)22(27)25-23(29)24-20-12-5-6-13-21(20)26-14-7-4-8-15-26/h5-6,9-13,16-17H,3-4,7-8,14-15H2,1-2H3,(H2,24,25,27,29)/t17-/m1/s1. The lowest BCUT2D eigenvalue weighted by Crippen LogP contribution is -2.35. The molecular weight excluding hydrogens is 382 g/mol. The third-order valence-corrected chi connectivity index (χ3v) is 5.29. The molecule has 2 aromatic carbocycles. The Kier molecular flexibility index (Phi) is 7.47. The molecule has 1 heterocycles. The van der Waals surface area contributed by atoms with Crippen LogP contribution in [0, 0.1) is 0 Å². The van der Waals surface area contributed by atoms with Crippen LogP contribution in [0.5, 0.6) is 5.75 Å². The molecule has 5 nitrogen and oxygen atoms in total. The van der Waals surface area contributed by atoms with Crippen molar-refractivity contribution in [1.82, 2.24) is 5.32 Å². The van der Waals surface area contributed by atoms with Crippen LogP contribution in [-0.2, 0) is 0 Å². The van der Waals surface area contributed by atoms with E-state index >= 15 is 0 Å². The molecule has 1 atom stereocenters. The van der Waals surface area contributed by atoms with Gasteiger partial charge in [0.1, 0.15) is 5.75 Å². The van der Waals surface area contributed by atoms with Gasteiger partial charge in [0.2, 0.25) is 0 Å². The molecule has 0 spiro atoms. The fraction of sp³-hybridized carbons (Fsp3) is 0.391. The van der Waals surface area contributed by atoms with Gasteiger partial charge >= 0.3 is 0 Å². The molecule has 1 fully saturated rings. The number of nitrogens with one attached hydrogen (secondary N) is 2. The minimum atomic E-state index is -0.257. The summed E-state index contributed by atoms with van der Waals surface area (Å²) in [5, 5.41) is 6.25. The lowest BCUT2D eigenvalue weighted by atomic mass is 10.1. The molecule has 0 unspecified atom stereocenters. The summed E-state index contributed by atoms with van der Waals surface area (Å²) < 4.78 is 5.80. The molecule has 1 saturated heterocycles. The highest BCUT2D eigenvalue weighted by Crippen LogP contribution is 2.28. The maximum Gasteiger partial charge on any atom is 0.257 e. The van der Waals surface area contributed by atoms with E-state index in [0.29, 0.717) is 11.3 Å². The first kappa shape index (κ1) is 21.1. The number of hydrogen-bond acceptors (Lipinski definition) is 4. The van der Waals surface area contributed by atoms with Gasteiger partial charge in [0.05, 0.1) is 17.5 Å². The number of hydrogen-bond donors (Lipinski definition) is 2. The monoisotopic (exact) mass is 411 g/mol. The van der Waals surface area contributed by atoms with Gasteiger partial charge in [0, 0.05) is 18.7 Å². The van der Waals surface area contributed by atoms with E-state index in [4.69, 9.17) is 17.0 Å². The maximum absolute atomic E-state index is 12.6. The molecule has 0 aliphatic carbocycles. The zero-order chi connectivity index (χ0) is 20.6. The molecule has 2 aromatic rings. The molecule has 29 heavy (non-hydrogen) atoms. The van der Waals surface area contributed by atoms with Crippen molar-refractivity contribution in [1.29, 1.82) is 0 Å². The molecule has 3 rings (SSSR count). The number of nitrogens with zero attached hydrogens (tertiary/aromatic N) is 1. The van der Waals surface area contributed by atoms with Crippen molar-refractivity contribution in [2.24, 2.45) is 0 Å². The Morgan fingerprint density at radius 1 is 1.14 bits per heavy atom. The Labute approximate surface area is 178 Å². The molecular formula is C23H29N3O2S. The molecule has 0 bridgehead atoms. The summed E-state index contributed by atoms with van der Waals surface area (Å²) in [6.45, 7) is 6.15. The number of carbonyl (C=O) groups excluding carboxylic acids is 1. The van der Waals surface area contributed by atoms with Crippen molar-refractivity contribution in [3.8, 4) is 5.75 Å². The number of piperidine rings is 1. The number of anilines is 2. The van der Waals surface area contributed by atoms with Crippen LogP contribution in [0.1, 0.15) is 49.9 Å². The molecule has 6 heteroatoms. The SMILES string of the molecule is CC[C@@H](C)Oc1cccc(C(=O)NC(=S)Nc2ccccc2N2CCCCC2)c1. The molecule has 0 aromatic heterocycles. The van der Waals surface area contributed by atoms with Crippen molar-refractivity contribution < 1.29 is 9.53 Å². The van der Waals surface area contributed by atoms with Crippen LogP contribution in [0.2, 0.25) is 0 Å². The highest BCUT2D eigenvalue weighted by molar-refractivity contribution is 7.80. The van der Waals surface area contributed by atoms with Gasteiger partial charge in [-0.05, 0) is 75.2 Å². The van der Waals surface area contributed by atoms with E-state index in [-0.39, 0.29) is 17.1 Å². The Hall–Kier alpha value is -2.60. The second-order valence-electron chi connectivity index (χ2n) is 7.34. The third-order valence-electron chi connectivity index (χ3n) is 5.08. The number of rotatable bonds is 6. The largest absolute Gasteiger partial charge is 0.491 e. The normalized spacial score (nSPS) is 14.8. The molecule has 2 N–H and O–H groups in total. The molecule has 1 aliphatic heterocycles. The van der Waals surface area contributed by atoms with Crippen LogP contribution < -0.4 is 20.3 Å². The first-order valence-corrected chi connectivity index (χ1v) is 10.7. The van der Waals surface area contributed by atoms with Gasteiger partial charge in [-0.15, -0.1) is 0 Å². The van der Waals surface area contributed by atoms with Gasteiger partial charge in [0.25, 0.3) is 5.91 Å². The summed E-state index contributed by atoms with van der Waals surface area (Å²) >= 11 is 5.40. The molecule has 0 radical (unpaired) electrons. The number of benzene rings is 2. The van der Waals surface area contributed by atoms with Gasteiger partial charge in [-0.2, -0.15) is 0 Å². The summed E-state index contributed by atoms with van der Waals surface area (Å²) in [6.07, 6.45) is 4.68. The van der Waals surface area contributed by atoms with Crippen molar-refractivity contribution in [3.63, 3.8) is 0 Å². The lowest BCUT2D eigenvalue weighted by Gasteiger charge is -2.30. The van der Waals surface area contributed by atoms with Gasteiger partial charge in [-0.25, -0.2) is 0 Å². The third kappa shape index (κ3) is 5.94. The van der Waals surface area contributed by atoms with Crippen molar-refractivity contribution in [2.75, 3.05) is 23.3 Å². The zero-order valence-electron chi connectivity index (χ0n) is 17.1. The van der Waals surface area contributed by atoms with E-state index in [1.54, 1.807) is 12.1 Å². The highest BCUT2D eigenvalue weighted by atomic mass is 32.1. The van der Waals surface area contributed by atoms with Gasteiger partial charge in [-0.3, -0.25) is 10.1 Å². The summed E-state index contributed by atoms with van der Waals surface area (Å²) in [7, 11) is 0. The zero-order valence-corrected chi connectivity index (χ0v) is 17.9. The predicted molar refractivity (Wildman–Crippen MR) is 123 cm³/mol. The molecule has 1 aliphatic rings. The van der Waals surface area contributed by atoms with Gasteiger partial charge in [-0.1, -0.05) is 25.1 Å². The minimum Gasteiger partial charge on any atom is -0.491 e. The fourth-order valence-electron chi connectivity index (χ4n) is 3.35. The van der Waals surface area contributed by atoms with Crippen LogP contribution in [-0.4, -0.2) is 30.2 Å². The van der Waals surface area contributed by atoms with Crippen LogP contribution in [0.15, 0.2) is 48.5 Å². The number of amides is 1. The first-order valence-electron chi connectivity index (χ1n) is 10.3. The highest BCUT2D eigenvalue weighted by Gasteiger charge is 2.16. The fourth-order valence-corrected chi connectivity index (χ4v) is 3.55. The van der Waals surface area contributed by atoms with Crippen molar-refractivity contribution in [3.05, 3.63) is 54.1 Å². The second-order valence-corrected chi connectivity index (χ2v) is 7.75. The molecule has 0 saturated carbocycles. The predicted octanol–water partition coefficient (Wildman–Crippen LogP) is 4.98. The van der Waals surface area contributed by atoms with E-state index in [2.05, 4.69) is 28.5 Å². The van der Waals surface area contributed by atoms with Crippen LogP contribution in [0.3, 0.4) is 0 Å². The topological polar surface area (TPSA) is 53.6 Å². The maximum atomic E-state index is 12.6. The summed E-state index contributed by atoms with van der Waals surface area (Å²) in [4.78, 5) is 15.0. The smallest absolute Gasteiger partial charge is 0.257 e. The van der Waals surface area contributed by atoms with Crippen LogP contribution >= 0.6 is 12.2 Å². The number of thiocarbonyl (C=S) groups is 1. The van der Waals surface area contributed by atoms with E-state index < -0.39 is 0 Å². The lowest BCUT2D eigenvalue weighted by molar-refractivity contribution is 0.0977. The minimum absolute atomic E-state index is 0.0994. The average molecular weight is 412 g/mol. The van der Waals surface area contributed by atoms with E-state index in [0.717, 1.165) is 30.9 Å². The Bertz CT molecular complexity index is 850. The van der Waals surface area contributed by atoms with E-state index in [9.17, 15) is 4.79 Å². The van der Waals surface area contributed by atoms with Crippen molar-refractivity contribution >= 4 is 34.6 Å². The Balaban J connectivity index is 1.64. The Morgan fingerprint density at radius 3 is 2.66 bits per heavy atom. The first-order chi connectivity index (χ1) is 14.1. The van der Waals surface area contributed by atoms with Crippen LogP contribution in [0.4, 0.5) is 11.4 Å². The number of carbonyl (C=O) groups is 1. The average Bonchev–Trinajstić information content (AvgIpc) is 2.74. The van der Waals surface area contributed by atoms with Crippen molar-refractivity contribution in [2.45, 2.75) is 45.6 Å². The van der Waals surface area contributed by atoms with Gasteiger partial charge in [0.15, 0.2) is 5.11 Å². The summed E-state index contributed by atoms with van der Waals surface area (Å²) in [5.41, 5.74) is 2.54. The summed E-state index contributed by atoms with van der Waals surface area (Å²) in [5.74, 6) is 0.425. The van der Waals surface area contributed by atoms with E-state index in [1.807, 2.05) is 37.3 Å². The second kappa shape index (κ2) is 10.3. The summed E-state index contributed by atoms with van der Waals surface area (Å²) in [6, 6.07) is 15.2. The van der Waals surface area contributed by atoms with Gasteiger partial charge < -0.3 is 15.0 Å². The molecule has 154 valence electrons. The number of para-hydroxylation sites is 2. The number of ether oxygens (including phenoxy) is 1. The van der Waals surface area contributed by atoms with E-state index in [1.165, 1.54) is 19.3 Å². The molecule has 1 amide bonds.